The molecule has 0 saturated heterocycles. The second-order valence-corrected chi connectivity index (χ2v) is 12.4. The number of nitrogens with one attached hydrogen (secondary N) is 5. The van der Waals surface area contributed by atoms with Crippen LogP contribution in [0.3, 0.4) is 0 Å². The molecular weight excluding hydrogens is 604 g/mol. The molecule has 0 bridgehead atoms. The summed E-state index contributed by atoms with van der Waals surface area (Å²) in [6.07, 6.45) is 3.62. The molecule has 1 aromatic heterocycles. The zero-order chi connectivity index (χ0) is 32.1. The van der Waals surface area contributed by atoms with Gasteiger partial charge in [0, 0.05) is 29.6 Å². The number of H-pyrrole nitrogens is 2. The zero-order valence-corrected chi connectivity index (χ0v) is 27.3. The Morgan fingerprint density at radius 3 is 2.28 bits per heavy atom. The first-order valence-corrected chi connectivity index (χ1v) is 15.6. The number of carbonyl (C=O) groups excluding carboxylic acids is 3. The van der Waals surface area contributed by atoms with Gasteiger partial charge in [-0.3, -0.25) is 29.4 Å². The molecule has 0 aliphatic heterocycles. The largest absolute Gasteiger partial charge is 0.350 e. The predicted molar refractivity (Wildman–Crippen MR) is 184 cm³/mol. The van der Waals surface area contributed by atoms with Gasteiger partial charge in [0.05, 0.1) is 10.9 Å². The van der Waals surface area contributed by atoms with Gasteiger partial charge in [0.1, 0.15) is 6.04 Å². The van der Waals surface area contributed by atoms with Crippen LogP contribution in [0.2, 0.25) is 0 Å². The summed E-state index contributed by atoms with van der Waals surface area (Å²) in [4.78, 5) is 51.3. The number of rotatable bonds is 10. The molecule has 0 unspecified atom stereocenters. The number of amides is 3. The molecule has 5 rings (SSSR count). The number of halogens is 1. The second-order valence-electron chi connectivity index (χ2n) is 12.4. The van der Waals surface area contributed by atoms with E-state index in [1.165, 1.54) is 0 Å². The number of nitrogens with two attached hydrogens (primary N) is 1. The number of hydrogen-bond acceptors (Lipinski definition) is 5. The van der Waals surface area contributed by atoms with Gasteiger partial charge < -0.3 is 21.7 Å². The SMILES string of the molecule is Cc1cc(C(=O)NC(C)C)ccc1-c1ccc(C[C@H](NC(=O)C2CCC(CN)CC2)C(=O)Nc2ccc3c(=O)[nH][nH]c3c2)cc1.Cl. The van der Waals surface area contributed by atoms with Gasteiger partial charge in [-0.05, 0) is 112 Å². The van der Waals surface area contributed by atoms with Crippen LogP contribution in [0.15, 0.2) is 65.5 Å². The van der Waals surface area contributed by atoms with Crippen molar-refractivity contribution in [3.63, 3.8) is 0 Å². The number of aryl methyl sites for hydroxylation is 1. The van der Waals surface area contributed by atoms with Crippen LogP contribution in [0.5, 0.6) is 0 Å². The van der Waals surface area contributed by atoms with Crippen molar-refractivity contribution in [2.75, 3.05) is 11.9 Å². The van der Waals surface area contributed by atoms with E-state index in [0.29, 0.717) is 41.0 Å². The quantitative estimate of drug-likeness (QED) is 0.145. The zero-order valence-electron chi connectivity index (χ0n) is 26.4. The molecular formula is C35H43ClN6O4. The van der Waals surface area contributed by atoms with Gasteiger partial charge in [-0.15, -0.1) is 12.4 Å². The van der Waals surface area contributed by atoms with Crippen LogP contribution < -0.4 is 27.2 Å². The third-order valence-corrected chi connectivity index (χ3v) is 8.64. The fourth-order valence-electron chi connectivity index (χ4n) is 6.03. The summed E-state index contributed by atoms with van der Waals surface area (Å²) in [5.41, 5.74) is 11.2. The van der Waals surface area contributed by atoms with E-state index in [0.717, 1.165) is 47.9 Å². The molecule has 244 valence electrons. The maximum Gasteiger partial charge on any atom is 0.271 e. The molecule has 7 N–H and O–H groups in total. The van der Waals surface area contributed by atoms with Gasteiger partial charge in [-0.2, -0.15) is 0 Å². The van der Waals surface area contributed by atoms with Crippen molar-refractivity contribution in [1.82, 2.24) is 20.8 Å². The molecule has 1 fully saturated rings. The van der Waals surface area contributed by atoms with Crippen LogP contribution in [0.1, 0.15) is 61.0 Å². The molecule has 11 heteroatoms. The lowest BCUT2D eigenvalue weighted by atomic mass is 9.81. The van der Waals surface area contributed by atoms with Crippen molar-refractivity contribution in [3.05, 3.63) is 87.7 Å². The minimum absolute atomic E-state index is 0. The molecule has 0 radical (unpaired) electrons. The third-order valence-electron chi connectivity index (χ3n) is 8.64. The average molecular weight is 647 g/mol. The average Bonchev–Trinajstić information content (AvgIpc) is 3.40. The van der Waals surface area contributed by atoms with E-state index in [2.05, 4.69) is 26.1 Å². The normalized spacial score (nSPS) is 16.8. The van der Waals surface area contributed by atoms with Crippen LogP contribution in [0.4, 0.5) is 5.69 Å². The predicted octanol–water partition coefficient (Wildman–Crippen LogP) is 4.82. The highest BCUT2D eigenvalue weighted by Crippen LogP contribution is 2.29. The van der Waals surface area contributed by atoms with Gasteiger partial charge >= 0.3 is 0 Å². The highest BCUT2D eigenvalue weighted by atomic mass is 35.5. The Morgan fingerprint density at radius 1 is 0.913 bits per heavy atom. The molecule has 1 heterocycles. The molecule has 1 saturated carbocycles. The van der Waals surface area contributed by atoms with Gasteiger partial charge in [-0.25, -0.2) is 0 Å². The van der Waals surface area contributed by atoms with Crippen LogP contribution in [-0.4, -0.2) is 46.5 Å². The fourth-order valence-corrected chi connectivity index (χ4v) is 6.03. The Morgan fingerprint density at radius 2 is 1.63 bits per heavy atom. The van der Waals surface area contributed by atoms with E-state index < -0.39 is 6.04 Å². The lowest BCUT2D eigenvalue weighted by Crippen LogP contribution is -2.48. The number of hydrogen-bond donors (Lipinski definition) is 6. The molecule has 1 atom stereocenters. The summed E-state index contributed by atoms with van der Waals surface area (Å²) in [5.74, 6) is -0.273. The second kappa shape index (κ2) is 15.2. The van der Waals surface area contributed by atoms with Crippen molar-refractivity contribution in [2.45, 2.75) is 65.0 Å². The van der Waals surface area contributed by atoms with E-state index in [9.17, 15) is 19.2 Å². The van der Waals surface area contributed by atoms with Crippen LogP contribution in [-0.2, 0) is 16.0 Å². The van der Waals surface area contributed by atoms with Gasteiger partial charge in [-0.1, -0.05) is 30.3 Å². The maximum atomic E-state index is 13.6. The van der Waals surface area contributed by atoms with Gasteiger partial charge in [0.15, 0.2) is 0 Å². The minimum atomic E-state index is -0.808. The first-order valence-electron chi connectivity index (χ1n) is 15.6. The molecule has 3 aromatic carbocycles. The summed E-state index contributed by atoms with van der Waals surface area (Å²) in [6.45, 7) is 6.47. The number of aromatic nitrogens is 2. The highest BCUT2D eigenvalue weighted by Gasteiger charge is 2.29. The first-order chi connectivity index (χ1) is 21.6. The number of benzene rings is 3. The maximum absolute atomic E-state index is 13.6. The van der Waals surface area contributed by atoms with Crippen molar-refractivity contribution in [3.8, 4) is 11.1 Å². The van der Waals surface area contributed by atoms with E-state index in [-0.39, 0.29) is 47.6 Å². The topological polar surface area (TPSA) is 162 Å². The summed E-state index contributed by atoms with van der Waals surface area (Å²) in [6, 6.07) is 17.8. The number of aromatic amines is 2. The Kier molecular flexibility index (Phi) is 11.4. The van der Waals surface area contributed by atoms with E-state index in [1.54, 1.807) is 18.2 Å². The van der Waals surface area contributed by atoms with Crippen LogP contribution in [0, 0.1) is 18.8 Å². The number of anilines is 1. The summed E-state index contributed by atoms with van der Waals surface area (Å²) in [5, 5.41) is 14.7. The smallest absolute Gasteiger partial charge is 0.271 e. The van der Waals surface area contributed by atoms with Crippen LogP contribution >= 0.6 is 12.4 Å². The van der Waals surface area contributed by atoms with Gasteiger partial charge in [0.2, 0.25) is 11.8 Å². The van der Waals surface area contributed by atoms with Crippen LogP contribution in [0.25, 0.3) is 22.0 Å². The molecule has 4 aromatic rings. The van der Waals surface area contributed by atoms with E-state index in [4.69, 9.17) is 5.73 Å². The molecule has 10 nitrogen and oxygen atoms in total. The molecule has 1 aliphatic carbocycles. The monoisotopic (exact) mass is 646 g/mol. The van der Waals surface area contributed by atoms with Crippen molar-refractivity contribution < 1.29 is 14.4 Å². The Bertz CT molecular complexity index is 1740. The Labute approximate surface area is 274 Å². The third kappa shape index (κ3) is 8.24. The Balaban J connectivity index is 0.00000480. The standard InChI is InChI=1S/C35H42N6O4.ClH/c1-20(2)37-33(43)26-12-14-28(21(3)16-26)24-8-4-22(5-9-24)17-31(39-32(42)25-10-6-23(19-36)7-11-25)35(45)38-27-13-15-29-30(18-27)40-41-34(29)44;/h4-5,8-9,12-16,18,20,23,25,31H,6-7,10-11,17,19,36H2,1-3H3,(H,37,43)(H,38,45)(H,39,42)(H2,40,41,44);1H/t23?,25?,31-;/m0./s1. The first kappa shape index (κ1) is 34.5. The van der Waals surface area contributed by atoms with Gasteiger partial charge in [0.25, 0.3) is 11.5 Å². The van der Waals surface area contributed by atoms with Crippen molar-refractivity contribution >= 4 is 46.7 Å². The number of fused-ring (bicyclic) bond motifs is 1. The molecule has 3 amide bonds. The summed E-state index contributed by atoms with van der Waals surface area (Å²) < 4.78 is 0. The lowest BCUT2D eigenvalue weighted by molar-refractivity contribution is -0.130. The fraction of sp³-hybridized carbons (Fsp3) is 0.371. The Hall–Kier alpha value is -4.41. The minimum Gasteiger partial charge on any atom is -0.350 e. The molecule has 1 aliphatic rings. The lowest BCUT2D eigenvalue weighted by Gasteiger charge is -2.28. The van der Waals surface area contributed by atoms with Crippen molar-refractivity contribution in [1.29, 1.82) is 0 Å². The summed E-state index contributed by atoms with van der Waals surface area (Å²) >= 11 is 0. The number of carbonyl (C=O) groups is 3. The summed E-state index contributed by atoms with van der Waals surface area (Å²) in [7, 11) is 0. The molecule has 46 heavy (non-hydrogen) atoms. The highest BCUT2D eigenvalue weighted by molar-refractivity contribution is 5.99. The van der Waals surface area contributed by atoms with E-state index >= 15 is 0 Å². The molecule has 0 spiro atoms. The van der Waals surface area contributed by atoms with Crippen molar-refractivity contribution in [2.24, 2.45) is 17.6 Å². The van der Waals surface area contributed by atoms with E-state index in [1.807, 2.05) is 63.2 Å².